The van der Waals surface area contributed by atoms with Crippen molar-refractivity contribution in [3.63, 3.8) is 0 Å². The lowest BCUT2D eigenvalue weighted by Crippen LogP contribution is -2.48. The van der Waals surface area contributed by atoms with E-state index in [2.05, 4.69) is 0 Å². The number of nitrogens with zero attached hydrogens (tertiary/aromatic N) is 1. The summed E-state index contributed by atoms with van der Waals surface area (Å²) in [5.41, 5.74) is 5.52. The van der Waals surface area contributed by atoms with Crippen LogP contribution in [0, 0.1) is 0 Å². The molecule has 1 saturated heterocycles. The Labute approximate surface area is 112 Å². The second-order valence-corrected chi connectivity index (χ2v) is 7.46. The molecule has 1 aromatic rings. The molecule has 102 valence electrons. The average molecular weight is 290 g/mol. The maximum Gasteiger partial charge on any atom is 0.252 e. The summed E-state index contributed by atoms with van der Waals surface area (Å²) in [5.74, 6) is 0. The number of ether oxygens (including phenoxy) is 1. The van der Waals surface area contributed by atoms with Crippen LogP contribution >= 0.6 is 11.3 Å². The van der Waals surface area contributed by atoms with Gasteiger partial charge in [0, 0.05) is 24.0 Å². The van der Waals surface area contributed by atoms with Gasteiger partial charge in [-0.05, 0) is 18.6 Å². The number of hydrogen-bond donors (Lipinski definition) is 1. The van der Waals surface area contributed by atoms with Gasteiger partial charge in [0.25, 0.3) is 10.0 Å². The predicted octanol–water partition coefficient (Wildman–Crippen LogP) is 1.01. The second kappa shape index (κ2) is 5.66. The molecule has 0 spiro atoms. The maximum atomic E-state index is 12.5. The number of rotatable bonds is 4. The fraction of sp³-hybridized carbons (Fsp3) is 0.636. The van der Waals surface area contributed by atoms with Crippen molar-refractivity contribution in [3.05, 3.63) is 17.0 Å². The lowest BCUT2D eigenvalue weighted by atomic mass is 10.2. The highest BCUT2D eigenvalue weighted by atomic mass is 32.2. The summed E-state index contributed by atoms with van der Waals surface area (Å²) in [6.07, 6.45) is 0.758. The van der Waals surface area contributed by atoms with Gasteiger partial charge in [-0.25, -0.2) is 8.42 Å². The van der Waals surface area contributed by atoms with Gasteiger partial charge in [0.2, 0.25) is 0 Å². The zero-order chi connectivity index (χ0) is 13.2. The third-order valence-electron chi connectivity index (χ3n) is 3.05. The molecule has 2 heterocycles. The standard InChI is InChI=1S/C11H18N2O3S2/c1-2-9-8-16-6-5-13(9)18(14,15)11-4-3-10(7-12)17-11/h3-4,9H,2,5-8,12H2,1H3. The second-order valence-electron chi connectivity index (χ2n) is 4.18. The smallest absolute Gasteiger partial charge is 0.252 e. The van der Waals surface area contributed by atoms with E-state index in [9.17, 15) is 8.42 Å². The number of thiophene rings is 1. The van der Waals surface area contributed by atoms with Crippen LogP contribution in [0.3, 0.4) is 0 Å². The highest BCUT2D eigenvalue weighted by Gasteiger charge is 2.33. The van der Waals surface area contributed by atoms with Crippen molar-refractivity contribution in [1.29, 1.82) is 0 Å². The van der Waals surface area contributed by atoms with Gasteiger partial charge >= 0.3 is 0 Å². The van der Waals surface area contributed by atoms with Crippen LogP contribution in [0.1, 0.15) is 18.2 Å². The van der Waals surface area contributed by atoms with E-state index >= 15 is 0 Å². The van der Waals surface area contributed by atoms with Crippen LogP contribution in [0.5, 0.6) is 0 Å². The van der Waals surface area contributed by atoms with E-state index in [0.717, 1.165) is 11.3 Å². The van der Waals surface area contributed by atoms with E-state index in [4.69, 9.17) is 10.5 Å². The van der Waals surface area contributed by atoms with Crippen molar-refractivity contribution >= 4 is 21.4 Å². The highest BCUT2D eigenvalue weighted by Crippen LogP contribution is 2.27. The Morgan fingerprint density at radius 3 is 2.94 bits per heavy atom. The van der Waals surface area contributed by atoms with Crippen LogP contribution in [0.25, 0.3) is 0 Å². The van der Waals surface area contributed by atoms with Crippen LogP contribution in [-0.2, 0) is 21.3 Å². The van der Waals surface area contributed by atoms with Crippen LogP contribution in [0.4, 0.5) is 0 Å². The van der Waals surface area contributed by atoms with Gasteiger partial charge in [0.05, 0.1) is 13.2 Å². The average Bonchev–Trinajstić information content (AvgIpc) is 2.88. The molecule has 1 aliphatic heterocycles. The van der Waals surface area contributed by atoms with E-state index in [1.807, 2.05) is 6.92 Å². The van der Waals surface area contributed by atoms with Crippen LogP contribution in [-0.4, -0.2) is 38.5 Å². The Morgan fingerprint density at radius 1 is 1.56 bits per heavy atom. The van der Waals surface area contributed by atoms with E-state index in [1.54, 1.807) is 16.4 Å². The number of nitrogens with two attached hydrogens (primary N) is 1. The molecule has 0 amide bonds. The minimum atomic E-state index is -3.40. The third-order valence-corrected chi connectivity index (χ3v) is 6.57. The van der Waals surface area contributed by atoms with Crippen LogP contribution in [0.2, 0.25) is 0 Å². The first-order valence-corrected chi connectivity index (χ1v) is 8.23. The number of sulfonamides is 1. The third kappa shape index (κ3) is 2.60. The summed E-state index contributed by atoms with van der Waals surface area (Å²) >= 11 is 1.25. The molecule has 2 N–H and O–H groups in total. The molecule has 5 nitrogen and oxygen atoms in total. The number of morpholine rings is 1. The summed E-state index contributed by atoms with van der Waals surface area (Å²) in [6, 6.07) is 3.36. The lowest BCUT2D eigenvalue weighted by molar-refractivity contribution is 0.0315. The minimum absolute atomic E-state index is 0.0628. The molecule has 1 unspecified atom stereocenters. The van der Waals surface area contributed by atoms with Crippen molar-refractivity contribution in [2.75, 3.05) is 19.8 Å². The first kappa shape index (κ1) is 14.0. The normalized spacial score (nSPS) is 22.2. The predicted molar refractivity (Wildman–Crippen MR) is 71.0 cm³/mol. The topological polar surface area (TPSA) is 72.6 Å². The van der Waals surface area contributed by atoms with E-state index in [0.29, 0.717) is 30.5 Å². The molecular formula is C11H18N2O3S2. The minimum Gasteiger partial charge on any atom is -0.378 e. The quantitative estimate of drug-likeness (QED) is 0.898. The van der Waals surface area contributed by atoms with Crippen molar-refractivity contribution in [2.24, 2.45) is 5.73 Å². The fourth-order valence-corrected chi connectivity index (χ4v) is 5.03. The van der Waals surface area contributed by atoms with Crippen molar-refractivity contribution < 1.29 is 13.2 Å². The largest absolute Gasteiger partial charge is 0.378 e. The van der Waals surface area contributed by atoms with Crippen LogP contribution in [0.15, 0.2) is 16.3 Å². The summed E-state index contributed by atoms with van der Waals surface area (Å²) in [5, 5.41) is 0. The van der Waals surface area contributed by atoms with Gasteiger partial charge in [-0.2, -0.15) is 4.31 Å². The summed E-state index contributed by atoms with van der Waals surface area (Å²) in [7, 11) is -3.40. The molecular weight excluding hydrogens is 272 g/mol. The molecule has 1 fully saturated rings. The van der Waals surface area contributed by atoms with Crippen LogP contribution < -0.4 is 5.73 Å². The first-order valence-electron chi connectivity index (χ1n) is 5.98. The Morgan fingerprint density at radius 2 is 2.33 bits per heavy atom. The molecule has 1 aromatic heterocycles. The monoisotopic (exact) mass is 290 g/mol. The molecule has 0 bridgehead atoms. The zero-order valence-corrected chi connectivity index (χ0v) is 12.0. The molecule has 0 aliphatic carbocycles. The molecule has 0 radical (unpaired) electrons. The van der Waals surface area contributed by atoms with Gasteiger partial charge < -0.3 is 10.5 Å². The zero-order valence-electron chi connectivity index (χ0n) is 10.3. The summed E-state index contributed by atoms with van der Waals surface area (Å²) in [4.78, 5) is 0.884. The molecule has 0 aromatic carbocycles. The van der Waals surface area contributed by atoms with E-state index < -0.39 is 10.0 Å². The maximum absolute atomic E-state index is 12.5. The van der Waals surface area contributed by atoms with E-state index in [1.165, 1.54) is 11.3 Å². The first-order chi connectivity index (χ1) is 8.59. The van der Waals surface area contributed by atoms with Gasteiger partial charge in [-0.1, -0.05) is 6.92 Å². The van der Waals surface area contributed by atoms with Gasteiger partial charge in [-0.3, -0.25) is 0 Å². The Balaban J connectivity index is 2.28. The molecule has 1 atom stereocenters. The molecule has 0 saturated carbocycles. The van der Waals surface area contributed by atoms with Gasteiger partial charge in [0.1, 0.15) is 4.21 Å². The molecule has 2 rings (SSSR count). The highest BCUT2D eigenvalue weighted by molar-refractivity contribution is 7.91. The molecule has 1 aliphatic rings. The lowest BCUT2D eigenvalue weighted by Gasteiger charge is -2.33. The van der Waals surface area contributed by atoms with Crippen molar-refractivity contribution in [3.8, 4) is 0 Å². The van der Waals surface area contributed by atoms with Crippen molar-refractivity contribution in [2.45, 2.75) is 30.1 Å². The SMILES string of the molecule is CCC1COCCN1S(=O)(=O)c1ccc(CN)s1. The van der Waals surface area contributed by atoms with E-state index in [-0.39, 0.29) is 6.04 Å². The van der Waals surface area contributed by atoms with Gasteiger partial charge in [-0.15, -0.1) is 11.3 Å². The fourth-order valence-electron chi connectivity index (χ4n) is 2.00. The Kier molecular flexibility index (Phi) is 4.39. The molecule has 18 heavy (non-hydrogen) atoms. The Bertz CT molecular complexity index is 498. The molecule has 7 heteroatoms. The summed E-state index contributed by atoms with van der Waals surface area (Å²) in [6.45, 7) is 3.72. The summed E-state index contributed by atoms with van der Waals surface area (Å²) < 4.78 is 32.3. The van der Waals surface area contributed by atoms with Gasteiger partial charge in [0.15, 0.2) is 0 Å². The Hall–Kier alpha value is -0.470. The van der Waals surface area contributed by atoms with Crippen molar-refractivity contribution in [1.82, 2.24) is 4.31 Å². The number of hydrogen-bond acceptors (Lipinski definition) is 5.